The normalized spacial score (nSPS) is 15.1. The highest BCUT2D eigenvalue weighted by Crippen LogP contribution is 2.35. The lowest BCUT2D eigenvalue weighted by Gasteiger charge is -2.13. The lowest BCUT2D eigenvalue weighted by Crippen LogP contribution is -2.27. The molecule has 3 rings (SSSR count). The third-order valence-electron chi connectivity index (χ3n) is 4.09. The zero-order valence-corrected chi connectivity index (χ0v) is 17.5. The average molecular weight is 430 g/mol. The maximum atomic E-state index is 12.4. The van der Waals surface area contributed by atoms with E-state index in [9.17, 15) is 9.59 Å². The first-order chi connectivity index (χ1) is 14.0. The zero-order valence-electron chi connectivity index (χ0n) is 15.9. The maximum absolute atomic E-state index is 12.4. The number of rotatable bonds is 8. The lowest BCUT2D eigenvalue weighted by atomic mass is 10.1. The Morgan fingerprint density at radius 3 is 2.66 bits per heavy atom. The van der Waals surface area contributed by atoms with Gasteiger partial charge in [-0.25, -0.2) is 0 Å². The van der Waals surface area contributed by atoms with Gasteiger partial charge in [0, 0.05) is 17.1 Å². The summed E-state index contributed by atoms with van der Waals surface area (Å²) < 4.78 is 11.6. The van der Waals surface area contributed by atoms with E-state index in [2.05, 4.69) is 6.58 Å². The minimum atomic E-state index is -0.322. The highest BCUT2D eigenvalue weighted by molar-refractivity contribution is 8.18. The van der Waals surface area contributed by atoms with Crippen LogP contribution in [0.1, 0.15) is 18.1 Å². The Balaban J connectivity index is 1.81. The van der Waals surface area contributed by atoms with Crippen molar-refractivity contribution in [1.82, 2.24) is 4.90 Å². The van der Waals surface area contributed by atoms with Gasteiger partial charge in [0.15, 0.2) is 11.5 Å². The molecule has 1 fully saturated rings. The van der Waals surface area contributed by atoms with E-state index >= 15 is 0 Å². The van der Waals surface area contributed by atoms with Gasteiger partial charge in [0.2, 0.25) is 0 Å². The number of hydrogen-bond acceptors (Lipinski definition) is 5. The zero-order chi connectivity index (χ0) is 20.8. The van der Waals surface area contributed by atoms with Crippen molar-refractivity contribution in [2.24, 2.45) is 0 Å². The van der Waals surface area contributed by atoms with E-state index in [4.69, 9.17) is 21.1 Å². The number of hydrogen-bond donors (Lipinski definition) is 0. The summed E-state index contributed by atoms with van der Waals surface area (Å²) >= 11 is 7.09. The molecule has 0 aromatic heterocycles. The van der Waals surface area contributed by atoms with Crippen LogP contribution in [0.2, 0.25) is 5.02 Å². The number of ether oxygens (including phenoxy) is 2. The maximum Gasteiger partial charge on any atom is 0.293 e. The van der Waals surface area contributed by atoms with Gasteiger partial charge in [0.05, 0.1) is 11.5 Å². The first-order valence-corrected chi connectivity index (χ1v) is 10.2. The third-order valence-corrected chi connectivity index (χ3v) is 5.37. The summed E-state index contributed by atoms with van der Waals surface area (Å²) in [6.07, 6.45) is 3.20. The highest BCUT2D eigenvalue weighted by atomic mass is 35.5. The second kappa shape index (κ2) is 9.67. The fraction of sp³-hybridized carbons (Fsp3) is 0.182. The van der Waals surface area contributed by atoms with Crippen LogP contribution in [0.3, 0.4) is 0 Å². The van der Waals surface area contributed by atoms with Crippen LogP contribution in [0, 0.1) is 0 Å². The number of imide groups is 1. The SMILES string of the molecule is C=CCN1C(=O)S/C(=C/c2ccc(OCc3ccccc3Cl)c(OCC)c2)C1=O. The number of thioether (sulfide) groups is 1. The Morgan fingerprint density at radius 2 is 1.93 bits per heavy atom. The summed E-state index contributed by atoms with van der Waals surface area (Å²) in [4.78, 5) is 25.9. The molecule has 0 radical (unpaired) electrons. The van der Waals surface area contributed by atoms with Crippen LogP contribution in [0.25, 0.3) is 6.08 Å². The molecule has 0 atom stereocenters. The van der Waals surface area contributed by atoms with E-state index < -0.39 is 0 Å². The lowest BCUT2D eigenvalue weighted by molar-refractivity contribution is -0.122. The largest absolute Gasteiger partial charge is 0.490 e. The monoisotopic (exact) mass is 429 g/mol. The van der Waals surface area contributed by atoms with Crippen LogP contribution in [0.4, 0.5) is 4.79 Å². The van der Waals surface area contributed by atoms with Gasteiger partial charge in [-0.2, -0.15) is 0 Å². The number of carbonyl (C=O) groups is 2. The fourth-order valence-corrected chi connectivity index (χ4v) is 3.75. The van der Waals surface area contributed by atoms with Crippen molar-refractivity contribution < 1.29 is 19.1 Å². The van der Waals surface area contributed by atoms with Crippen molar-refractivity contribution >= 4 is 40.6 Å². The van der Waals surface area contributed by atoms with Crippen molar-refractivity contribution in [3.05, 3.63) is 76.2 Å². The molecule has 0 bridgehead atoms. The molecule has 0 aliphatic carbocycles. The van der Waals surface area contributed by atoms with Gasteiger partial charge in [-0.15, -0.1) is 6.58 Å². The van der Waals surface area contributed by atoms with Gasteiger partial charge in [0.25, 0.3) is 11.1 Å². The molecule has 2 aromatic carbocycles. The standard InChI is InChI=1S/C22H20ClNO4S/c1-3-11-24-21(25)20(29-22(24)26)13-15-9-10-18(19(12-15)27-4-2)28-14-16-7-5-6-8-17(16)23/h3,5-10,12-13H,1,4,11,14H2,2H3/b20-13+. The Hall–Kier alpha value is -2.70. The molecule has 1 aliphatic heterocycles. The Labute approximate surface area is 178 Å². The molecule has 1 aliphatic rings. The first kappa shape index (κ1) is 21.0. The summed E-state index contributed by atoms with van der Waals surface area (Å²) in [5, 5.41) is 0.336. The smallest absolute Gasteiger partial charge is 0.293 e. The van der Waals surface area contributed by atoms with Crippen LogP contribution >= 0.6 is 23.4 Å². The Bertz CT molecular complexity index is 973. The molecule has 0 N–H and O–H groups in total. The second-order valence-corrected chi connectivity index (χ2v) is 7.50. The summed E-state index contributed by atoms with van der Waals surface area (Å²) in [5.41, 5.74) is 1.61. The van der Waals surface area contributed by atoms with Gasteiger partial charge in [0.1, 0.15) is 6.61 Å². The van der Waals surface area contributed by atoms with Crippen molar-refractivity contribution in [3.8, 4) is 11.5 Å². The van der Waals surface area contributed by atoms with Crippen LogP contribution < -0.4 is 9.47 Å². The molecule has 7 heteroatoms. The molecule has 2 amide bonds. The average Bonchev–Trinajstić information content (AvgIpc) is 2.96. The number of halogens is 1. The van der Waals surface area contributed by atoms with Gasteiger partial charge >= 0.3 is 0 Å². The summed E-state index contributed by atoms with van der Waals surface area (Å²) in [7, 11) is 0. The van der Waals surface area contributed by atoms with Crippen LogP contribution in [0.15, 0.2) is 60.0 Å². The molecule has 0 spiro atoms. The van der Waals surface area contributed by atoms with Crippen molar-refractivity contribution in [3.63, 3.8) is 0 Å². The predicted molar refractivity (Wildman–Crippen MR) is 116 cm³/mol. The van der Waals surface area contributed by atoms with E-state index in [0.717, 1.165) is 27.8 Å². The molecule has 0 unspecified atom stereocenters. The van der Waals surface area contributed by atoms with Crippen LogP contribution in [-0.4, -0.2) is 29.2 Å². The van der Waals surface area contributed by atoms with Gasteiger partial charge in [-0.1, -0.05) is 41.9 Å². The van der Waals surface area contributed by atoms with Gasteiger partial charge < -0.3 is 9.47 Å². The number of carbonyl (C=O) groups excluding carboxylic acids is 2. The molecule has 29 heavy (non-hydrogen) atoms. The van der Waals surface area contributed by atoms with Gasteiger partial charge in [-0.3, -0.25) is 14.5 Å². The van der Waals surface area contributed by atoms with Crippen molar-refractivity contribution in [2.45, 2.75) is 13.5 Å². The van der Waals surface area contributed by atoms with Crippen molar-refractivity contribution in [2.75, 3.05) is 13.2 Å². The molecule has 5 nitrogen and oxygen atoms in total. The molecular formula is C22H20ClNO4S. The minimum absolute atomic E-state index is 0.195. The molecular weight excluding hydrogens is 410 g/mol. The van der Waals surface area contributed by atoms with E-state index in [1.807, 2.05) is 37.3 Å². The first-order valence-electron chi connectivity index (χ1n) is 9.02. The number of nitrogens with zero attached hydrogens (tertiary/aromatic N) is 1. The summed E-state index contributed by atoms with van der Waals surface area (Å²) in [6, 6.07) is 12.8. The van der Waals surface area contributed by atoms with E-state index in [0.29, 0.717) is 34.6 Å². The second-order valence-electron chi connectivity index (χ2n) is 6.10. The van der Waals surface area contributed by atoms with E-state index in [-0.39, 0.29) is 17.7 Å². The predicted octanol–water partition coefficient (Wildman–Crippen LogP) is 5.54. The fourth-order valence-electron chi connectivity index (χ4n) is 2.71. The van der Waals surface area contributed by atoms with Crippen LogP contribution in [0.5, 0.6) is 11.5 Å². The molecule has 2 aromatic rings. The topological polar surface area (TPSA) is 55.8 Å². The number of benzene rings is 2. The van der Waals surface area contributed by atoms with E-state index in [1.54, 1.807) is 18.2 Å². The quantitative estimate of drug-likeness (QED) is 0.407. The molecule has 1 heterocycles. The van der Waals surface area contributed by atoms with Crippen molar-refractivity contribution in [1.29, 1.82) is 0 Å². The molecule has 0 saturated carbocycles. The van der Waals surface area contributed by atoms with Crippen LogP contribution in [-0.2, 0) is 11.4 Å². The minimum Gasteiger partial charge on any atom is -0.490 e. The van der Waals surface area contributed by atoms with E-state index in [1.165, 1.54) is 6.08 Å². The summed E-state index contributed by atoms with van der Waals surface area (Å²) in [5.74, 6) is 0.805. The third kappa shape index (κ3) is 5.02. The number of amides is 2. The highest BCUT2D eigenvalue weighted by Gasteiger charge is 2.34. The summed E-state index contributed by atoms with van der Waals surface area (Å²) in [6.45, 7) is 6.42. The Kier molecular flexibility index (Phi) is 7.01. The molecule has 1 saturated heterocycles. The van der Waals surface area contributed by atoms with Gasteiger partial charge in [-0.05, 0) is 48.5 Å². The Morgan fingerprint density at radius 1 is 1.14 bits per heavy atom. The molecule has 150 valence electrons.